The van der Waals surface area contributed by atoms with Crippen LogP contribution in [0.3, 0.4) is 0 Å². The molecule has 0 fully saturated rings. The lowest BCUT2D eigenvalue weighted by molar-refractivity contribution is 1.25. The van der Waals surface area contributed by atoms with Gasteiger partial charge in [0.2, 0.25) is 0 Å². The molecule has 0 saturated carbocycles. The molecule has 0 N–H and O–H groups in total. The molecular formula is C60H35N3S. The molecule has 0 spiro atoms. The minimum atomic E-state index is 1.01. The molecule has 3 nitrogen and oxygen atoms in total. The minimum absolute atomic E-state index is 1.01. The average molecular weight is 830 g/mol. The molecular weight excluding hydrogens is 795 g/mol. The molecule has 64 heavy (non-hydrogen) atoms. The highest BCUT2D eigenvalue weighted by atomic mass is 32.1. The first-order valence-corrected chi connectivity index (χ1v) is 22.6. The Kier molecular flexibility index (Phi) is 7.56. The van der Waals surface area contributed by atoms with Crippen LogP contribution in [-0.2, 0) is 0 Å². The summed E-state index contributed by atoms with van der Waals surface area (Å²) in [6.07, 6.45) is 1.98. The van der Waals surface area contributed by atoms with E-state index in [1.54, 1.807) is 0 Å². The van der Waals surface area contributed by atoms with Crippen molar-refractivity contribution < 1.29 is 0 Å². The van der Waals surface area contributed by atoms with Crippen LogP contribution >= 0.6 is 11.3 Å². The summed E-state index contributed by atoms with van der Waals surface area (Å²) in [6, 6.07) is 75.4. The fourth-order valence-electron chi connectivity index (χ4n) is 10.3. The fraction of sp³-hybridized carbons (Fsp3) is 0. The Morgan fingerprint density at radius 3 is 1.70 bits per heavy atom. The van der Waals surface area contributed by atoms with Crippen molar-refractivity contribution in [3.05, 3.63) is 212 Å². The van der Waals surface area contributed by atoms with Crippen molar-refractivity contribution in [2.75, 3.05) is 0 Å². The largest absolute Gasteiger partial charge is 0.291 e. The van der Waals surface area contributed by atoms with Gasteiger partial charge in [0.15, 0.2) is 5.65 Å². The van der Waals surface area contributed by atoms with Gasteiger partial charge in [0, 0.05) is 37.8 Å². The molecule has 14 rings (SSSR count). The van der Waals surface area contributed by atoms with Crippen LogP contribution in [-0.4, -0.2) is 14.4 Å². The molecule has 0 bridgehead atoms. The van der Waals surface area contributed by atoms with Gasteiger partial charge in [-0.15, -0.1) is 11.3 Å². The summed E-state index contributed by atoms with van der Waals surface area (Å²) in [5.41, 5.74) is 13.6. The summed E-state index contributed by atoms with van der Waals surface area (Å²) in [5, 5.41) is 13.5. The predicted molar refractivity (Wildman–Crippen MR) is 273 cm³/mol. The molecule has 4 heteroatoms. The van der Waals surface area contributed by atoms with Crippen molar-refractivity contribution in [3.63, 3.8) is 0 Å². The summed E-state index contributed by atoms with van der Waals surface area (Å²) in [7, 11) is 0. The number of rotatable bonds is 4. The topological polar surface area (TPSA) is 30.2 Å². The average Bonchev–Trinajstić information content (AvgIpc) is 3.95. The van der Waals surface area contributed by atoms with Gasteiger partial charge in [0.1, 0.15) is 0 Å². The third-order valence-corrected chi connectivity index (χ3v) is 14.6. The number of benzene rings is 10. The van der Waals surface area contributed by atoms with Crippen LogP contribution in [0, 0.1) is 0 Å². The van der Waals surface area contributed by atoms with Crippen molar-refractivity contribution in [2.24, 2.45) is 0 Å². The van der Waals surface area contributed by atoms with E-state index in [9.17, 15) is 0 Å². The molecule has 0 unspecified atom stereocenters. The Hall–Kier alpha value is -8.18. The van der Waals surface area contributed by atoms with Gasteiger partial charge in [-0.05, 0) is 95.5 Å². The highest BCUT2D eigenvalue weighted by Gasteiger charge is 2.20. The second-order valence-corrected chi connectivity index (χ2v) is 17.9. The highest BCUT2D eigenvalue weighted by Crippen LogP contribution is 2.43. The first-order chi connectivity index (χ1) is 31.7. The van der Waals surface area contributed by atoms with Crippen molar-refractivity contribution in [1.29, 1.82) is 0 Å². The highest BCUT2D eigenvalue weighted by molar-refractivity contribution is 7.26. The summed E-state index contributed by atoms with van der Waals surface area (Å²) >= 11 is 1.83. The van der Waals surface area contributed by atoms with Gasteiger partial charge in [0.25, 0.3) is 0 Å². The number of pyridine rings is 2. The molecule has 4 aromatic heterocycles. The maximum absolute atomic E-state index is 5.50. The molecule has 0 aliphatic heterocycles. The molecule has 4 heterocycles. The van der Waals surface area contributed by atoms with Crippen molar-refractivity contribution in [1.82, 2.24) is 14.4 Å². The first kappa shape index (κ1) is 35.4. The van der Waals surface area contributed by atoms with Crippen LogP contribution in [0.5, 0.6) is 0 Å². The van der Waals surface area contributed by atoms with E-state index >= 15 is 0 Å². The Labute approximate surface area is 371 Å². The lowest BCUT2D eigenvalue weighted by Crippen LogP contribution is -1.93. The summed E-state index contributed by atoms with van der Waals surface area (Å²) in [4.78, 5) is 10.3. The van der Waals surface area contributed by atoms with Crippen LogP contribution in [0.15, 0.2) is 212 Å². The monoisotopic (exact) mass is 829 g/mol. The molecule has 14 aromatic rings. The van der Waals surface area contributed by atoms with E-state index in [1.165, 1.54) is 96.6 Å². The third-order valence-electron chi connectivity index (χ3n) is 13.4. The van der Waals surface area contributed by atoms with Gasteiger partial charge < -0.3 is 0 Å². The zero-order valence-corrected chi connectivity index (χ0v) is 35.3. The number of imidazole rings is 1. The van der Waals surface area contributed by atoms with E-state index in [4.69, 9.17) is 9.97 Å². The van der Waals surface area contributed by atoms with E-state index < -0.39 is 0 Å². The Bertz CT molecular complexity index is 4230. The molecule has 0 amide bonds. The number of aromatic nitrogens is 3. The van der Waals surface area contributed by atoms with Gasteiger partial charge in [0.05, 0.1) is 26.9 Å². The molecule has 0 aliphatic rings. The fourth-order valence-corrected chi connectivity index (χ4v) is 11.5. The SMILES string of the molecule is c1ccc2c(c1)cnc1cc(-c3ccc(-c4ccc(-c5ccc(-c6cc7c8ccccc8sc7c7nc8c9ccc%10ccccc%10c9ccc8n67)cc5)c5ccccc45)cc3)ccc12. The molecule has 0 saturated heterocycles. The third kappa shape index (κ3) is 5.27. The van der Waals surface area contributed by atoms with Crippen LogP contribution in [0.25, 0.3) is 135 Å². The van der Waals surface area contributed by atoms with Crippen LogP contribution in [0.1, 0.15) is 0 Å². The predicted octanol–water partition coefficient (Wildman–Crippen LogP) is 16.7. The van der Waals surface area contributed by atoms with Gasteiger partial charge in [-0.1, -0.05) is 182 Å². The number of thiophene rings is 1. The molecule has 0 radical (unpaired) electrons. The lowest BCUT2D eigenvalue weighted by Gasteiger charge is -2.14. The molecule has 10 aromatic carbocycles. The van der Waals surface area contributed by atoms with Gasteiger partial charge in [-0.2, -0.15) is 0 Å². The minimum Gasteiger partial charge on any atom is -0.291 e. The van der Waals surface area contributed by atoms with Gasteiger partial charge >= 0.3 is 0 Å². The molecule has 0 atom stereocenters. The summed E-state index contributed by atoms with van der Waals surface area (Å²) in [5.74, 6) is 0. The lowest BCUT2D eigenvalue weighted by atomic mass is 9.91. The van der Waals surface area contributed by atoms with Gasteiger partial charge in [-0.3, -0.25) is 9.38 Å². The van der Waals surface area contributed by atoms with Crippen LogP contribution in [0.2, 0.25) is 0 Å². The number of hydrogen-bond donors (Lipinski definition) is 0. The van der Waals surface area contributed by atoms with Crippen molar-refractivity contribution in [3.8, 4) is 44.6 Å². The van der Waals surface area contributed by atoms with Crippen molar-refractivity contribution >= 4 is 102 Å². The molecule has 296 valence electrons. The zero-order chi connectivity index (χ0) is 41.9. The number of hydrogen-bond acceptors (Lipinski definition) is 3. The maximum atomic E-state index is 5.50. The smallest absolute Gasteiger partial charge is 0.156 e. The Balaban J connectivity index is 0.862. The van der Waals surface area contributed by atoms with Crippen LogP contribution < -0.4 is 0 Å². The van der Waals surface area contributed by atoms with Gasteiger partial charge in [-0.25, -0.2) is 4.98 Å². The maximum Gasteiger partial charge on any atom is 0.156 e. The van der Waals surface area contributed by atoms with E-state index in [0.717, 1.165) is 38.8 Å². The quantitative estimate of drug-likeness (QED) is 0.165. The Morgan fingerprint density at radius 2 is 0.953 bits per heavy atom. The van der Waals surface area contributed by atoms with Crippen LogP contribution in [0.4, 0.5) is 0 Å². The molecule has 0 aliphatic carbocycles. The second kappa shape index (κ2) is 13.7. The van der Waals surface area contributed by atoms with E-state index in [0.29, 0.717) is 0 Å². The van der Waals surface area contributed by atoms with Crippen molar-refractivity contribution in [2.45, 2.75) is 0 Å². The number of nitrogens with zero attached hydrogens (tertiary/aromatic N) is 3. The Morgan fingerprint density at radius 1 is 0.375 bits per heavy atom. The van der Waals surface area contributed by atoms with E-state index in [-0.39, 0.29) is 0 Å². The summed E-state index contributed by atoms with van der Waals surface area (Å²) < 4.78 is 4.88. The standard InChI is InChI=1S/C60H35N3S/c1-3-11-43-37(9-1)25-28-52-49(43)31-32-55-58(52)62-60-59-53(51-15-7-8-16-57(51)64-59)34-56(63(55)60)40-23-21-39(22-24-40)46-30-29-45(47-13-5-6-14-48(46)47)38-19-17-36(18-20-38)41-26-27-50-44-12-4-2-10-42(44)35-61-54(50)33-41/h1-35H. The summed E-state index contributed by atoms with van der Waals surface area (Å²) in [6.45, 7) is 0. The van der Waals surface area contributed by atoms with E-state index in [1.807, 2.05) is 17.5 Å². The second-order valence-electron chi connectivity index (χ2n) is 16.9. The zero-order valence-electron chi connectivity index (χ0n) is 34.5. The normalized spacial score (nSPS) is 12.1. The number of fused-ring (bicyclic) bond motifs is 15. The first-order valence-electron chi connectivity index (χ1n) is 21.8. The van der Waals surface area contributed by atoms with E-state index in [2.05, 4.69) is 211 Å².